The Morgan fingerprint density at radius 1 is 1.26 bits per heavy atom. The Morgan fingerprint density at radius 2 is 2.02 bits per heavy atom. The number of nitrogens with zero attached hydrogens (tertiary/aromatic N) is 5. The molecule has 2 N–H and O–H groups in total. The van der Waals surface area contributed by atoms with Gasteiger partial charge in [-0.2, -0.15) is 0 Å². The quantitative estimate of drug-likeness (QED) is 0.339. The molecule has 5 rings (SSSR count). The Balaban J connectivity index is 1.46. The number of thiocarbonyl (C=S) groups is 1. The van der Waals surface area contributed by atoms with Crippen molar-refractivity contribution in [2.75, 3.05) is 46.4 Å². The van der Waals surface area contributed by atoms with Gasteiger partial charge in [0.2, 0.25) is 0 Å². The van der Waals surface area contributed by atoms with Crippen LogP contribution in [0.3, 0.4) is 0 Å². The molecular formula is C28H32F2N6O4S2. The number of esters is 1. The van der Waals surface area contributed by atoms with E-state index in [-0.39, 0.29) is 17.2 Å². The average Bonchev–Trinajstić information content (AvgIpc) is 3.59. The van der Waals surface area contributed by atoms with Gasteiger partial charge < -0.3 is 25.0 Å². The van der Waals surface area contributed by atoms with Crippen molar-refractivity contribution in [3.63, 3.8) is 0 Å². The highest BCUT2D eigenvalue weighted by Crippen LogP contribution is 2.36. The maximum Gasteiger partial charge on any atom is 0.338 e. The van der Waals surface area contributed by atoms with E-state index in [1.807, 2.05) is 4.90 Å². The minimum absolute atomic E-state index is 0.0398. The number of aliphatic imine (C=N–C) groups is 1. The van der Waals surface area contributed by atoms with Gasteiger partial charge in [-0.05, 0) is 50.2 Å². The number of hydrogen-bond acceptors (Lipinski definition) is 9. The number of piperazine rings is 1. The second kappa shape index (κ2) is 11.7. The summed E-state index contributed by atoms with van der Waals surface area (Å²) in [6.07, 6.45) is 1.64. The largest absolute Gasteiger partial charge is 0.481 e. The third-order valence-electron chi connectivity index (χ3n) is 7.90. The van der Waals surface area contributed by atoms with Gasteiger partial charge in [0.15, 0.2) is 27.6 Å². The van der Waals surface area contributed by atoms with Crippen LogP contribution in [0.15, 0.2) is 40.0 Å². The van der Waals surface area contributed by atoms with Gasteiger partial charge in [-0.15, -0.1) is 11.3 Å². The molecule has 0 bridgehead atoms. The average molecular weight is 619 g/mol. The Morgan fingerprint density at radius 3 is 2.69 bits per heavy atom. The number of fused-ring (bicyclic) bond motifs is 1. The molecule has 2 atom stereocenters. The van der Waals surface area contributed by atoms with Gasteiger partial charge in [0.1, 0.15) is 6.04 Å². The maximum atomic E-state index is 14.7. The van der Waals surface area contributed by atoms with E-state index in [2.05, 4.69) is 20.1 Å². The number of nitrogens with one attached hydrogen (secondary N) is 1. The minimum atomic E-state index is -0.994. The summed E-state index contributed by atoms with van der Waals surface area (Å²) >= 11 is 7.06. The van der Waals surface area contributed by atoms with Crippen LogP contribution >= 0.6 is 23.6 Å². The molecule has 42 heavy (non-hydrogen) atoms. The molecule has 3 aliphatic heterocycles. The first-order chi connectivity index (χ1) is 19.9. The van der Waals surface area contributed by atoms with E-state index >= 15 is 0 Å². The molecule has 224 valence electrons. The zero-order chi connectivity index (χ0) is 30.3. The summed E-state index contributed by atoms with van der Waals surface area (Å²) in [6.45, 7) is 7.92. The van der Waals surface area contributed by atoms with E-state index in [4.69, 9.17) is 21.9 Å². The number of carbonyl (C=O) groups is 2. The zero-order valence-electron chi connectivity index (χ0n) is 23.7. The Bertz CT molecular complexity index is 1480. The lowest BCUT2D eigenvalue weighted by molar-refractivity contribution is -0.147. The van der Waals surface area contributed by atoms with Crippen LogP contribution < -0.4 is 5.32 Å². The Labute approximate surface area is 251 Å². The molecule has 0 saturated carbocycles. The molecule has 0 amide bonds. The Hall–Kier alpha value is -3.49. The van der Waals surface area contributed by atoms with Crippen LogP contribution in [0.4, 0.5) is 8.78 Å². The number of benzene rings is 1. The van der Waals surface area contributed by atoms with E-state index in [0.29, 0.717) is 66.5 Å². The lowest BCUT2D eigenvalue weighted by Crippen LogP contribution is -2.53. The number of halogens is 2. The van der Waals surface area contributed by atoms with Crippen LogP contribution in [0.25, 0.3) is 0 Å². The zero-order valence-corrected chi connectivity index (χ0v) is 25.3. The first-order valence-corrected chi connectivity index (χ1v) is 14.7. The van der Waals surface area contributed by atoms with Gasteiger partial charge in [-0.25, -0.2) is 18.6 Å². The third kappa shape index (κ3) is 5.62. The number of carboxylic acid groups (broad SMARTS) is 1. The number of thiazole rings is 1. The second-order valence-electron chi connectivity index (χ2n) is 11.2. The molecule has 0 spiro atoms. The van der Waals surface area contributed by atoms with E-state index < -0.39 is 35.0 Å². The van der Waals surface area contributed by atoms with Gasteiger partial charge >= 0.3 is 11.9 Å². The molecule has 2 aromatic rings. The number of aromatic nitrogens is 1. The number of carbonyl (C=O) groups excluding carboxylic acids is 1. The summed E-state index contributed by atoms with van der Waals surface area (Å²) in [5.41, 5.74) is 0.200. The maximum absolute atomic E-state index is 14.7. The van der Waals surface area contributed by atoms with Crippen LogP contribution in [-0.2, 0) is 14.3 Å². The lowest BCUT2D eigenvalue weighted by Gasteiger charge is -2.38. The molecule has 10 nitrogen and oxygen atoms in total. The predicted octanol–water partition coefficient (Wildman–Crippen LogP) is 2.95. The molecule has 3 aliphatic rings. The highest BCUT2D eigenvalue weighted by molar-refractivity contribution is 7.80. The van der Waals surface area contributed by atoms with Crippen molar-refractivity contribution in [2.45, 2.75) is 32.9 Å². The first-order valence-electron chi connectivity index (χ1n) is 13.4. The van der Waals surface area contributed by atoms with Gasteiger partial charge in [0.25, 0.3) is 0 Å². The molecule has 0 radical (unpaired) electrons. The van der Waals surface area contributed by atoms with Crippen LogP contribution in [0.2, 0.25) is 0 Å². The number of rotatable bonds is 8. The standard InChI is InChI=1S/C28H32F2N6O4S2/c1-15-17(5-6-18(29)21(15)30)22-20(25(37)40-4)19(32-23(33-22)24-31-7-10-42-24)13-34-8-9-36-16(11-34)12-35(27(36)41)14-28(2,3)26(38)39/h5-7,10,16,22H,8-9,11-14H2,1-4H3,(H,32,33)(H,38,39)/t16-,22-/m0/s1. The molecule has 0 unspecified atom stereocenters. The number of carboxylic acids is 1. The summed E-state index contributed by atoms with van der Waals surface area (Å²) in [6, 6.07) is 1.57. The van der Waals surface area contributed by atoms with Crippen molar-refractivity contribution in [1.82, 2.24) is 25.0 Å². The van der Waals surface area contributed by atoms with Gasteiger partial charge in [0.05, 0.1) is 24.1 Å². The number of hydrogen-bond donors (Lipinski definition) is 2. The number of amidine groups is 1. The molecule has 14 heteroatoms. The highest BCUT2D eigenvalue weighted by Gasteiger charge is 2.42. The van der Waals surface area contributed by atoms with Gasteiger partial charge in [0, 0.05) is 56.5 Å². The number of aliphatic carboxylic acids is 1. The van der Waals surface area contributed by atoms with Crippen LogP contribution in [-0.4, -0.2) is 100 Å². The molecule has 0 aliphatic carbocycles. The summed E-state index contributed by atoms with van der Waals surface area (Å²) in [5.74, 6) is -3.06. The first kappa shape index (κ1) is 30.0. The fourth-order valence-corrected chi connectivity index (χ4v) is 6.56. The van der Waals surface area contributed by atoms with Crippen LogP contribution in [0.5, 0.6) is 0 Å². The fraction of sp³-hybridized carbons (Fsp3) is 0.464. The van der Waals surface area contributed by atoms with Crippen molar-refractivity contribution in [3.05, 3.63) is 62.7 Å². The van der Waals surface area contributed by atoms with E-state index in [1.165, 1.54) is 31.4 Å². The van der Waals surface area contributed by atoms with Crippen molar-refractivity contribution < 1.29 is 28.2 Å². The lowest BCUT2D eigenvalue weighted by atomic mass is 9.92. The van der Waals surface area contributed by atoms with Gasteiger partial charge in [-0.1, -0.05) is 6.07 Å². The van der Waals surface area contributed by atoms with Gasteiger partial charge in [-0.3, -0.25) is 14.7 Å². The monoisotopic (exact) mass is 618 g/mol. The minimum Gasteiger partial charge on any atom is -0.481 e. The molecule has 2 fully saturated rings. The van der Waals surface area contributed by atoms with Crippen molar-refractivity contribution >= 4 is 46.4 Å². The smallest absolute Gasteiger partial charge is 0.338 e. The van der Waals surface area contributed by atoms with Crippen molar-refractivity contribution in [1.29, 1.82) is 0 Å². The third-order valence-corrected chi connectivity index (χ3v) is 9.18. The van der Waals surface area contributed by atoms with Crippen molar-refractivity contribution in [2.24, 2.45) is 10.4 Å². The van der Waals surface area contributed by atoms with Crippen molar-refractivity contribution in [3.8, 4) is 0 Å². The summed E-state index contributed by atoms with van der Waals surface area (Å²) in [4.78, 5) is 40.3. The van der Waals surface area contributed by atoms with E-state index in [9.17, 15) is 23.5 Å². The number of methoxy groups -OCH3 is 1. The second-order valence-corrected chi connectivity index (χ2v) is 12.5. The predicted molar refractivity (Wildman–Crippen MR) is 157 cm³/mol. The molecular weight excluding hydrogens is 586 g/mol. The molecule has 1 aromatic heterocycles. The SMILES string of the molecule is COC(=O)C1=C(CN2CCN3C(=S)N(CC(C)(C)C(=O)O)C[C@@H]3C2)NC(c2nccs2)=N[C@H]1c1ccc(F)c(F)c1C. The van der Waals surface area contributed by atoms with E-state index in [1.54, 1.807) is 25.4 Å². The van der Waals surface area contributed by atoms with Crippen LogP contribution in [0.1, 0.15) is 36.0 Å². The summed E-state index contributed by atoms with van der Waals surface area (Å²) < 4.78 is 33.9. The van der Waals surface area contributed by atoms with E-state index in [0.717, 1.165) is 6.07 Å². The fourth-order valence-electron chi connectivity index (χ4n) is 5.59. The van der Waals surface area contributed by atoms with Crippen LogP contribution in [0, 0.1) is 24.0 Å². The normalized spacial score (nSPS) is 21.3. The molecule has 4 heterocycles. The number of ether oxygens (including phenoxy) is 1. The Kier molecular flexibility index (Phi) is 8.32. The molecule has 1 aromatic carbocycles. The topological polar surface area (TPSA) is 111 Å². The summed E-state index contributed by atoms with van der Waals surface area (Å²) in [7, 11) is 1.27. The summed E-state index contributed by atoms with van der Waals surface area (Å²) in [5, 5.41) is 15.9. The highest BCUT2D eigenvalue weighted by atomic mass is 32.1. The molecule has 2 saturated heterocycles.